The molecule has 134 valence electrons. The van der Waals surface area contributed by atoms with Crippen LogP contribution >= 0.6 is 0 Å². The fraction of sp³-hybridized carbons (Fsp3) is 0.900. The number of carbonyl (C=O) groups excluding carboxylic acids is 1. The first-order valence-corrected chi connectivity index (χ1v) is 9.82. The molecule has 0 aliphatic heterocycles. The smallest absolute Gasteiger partial charge is 0.324 e. The van der Waals surface area contributed by atoms with Gasteiger partial charge in [0.1, 0.15) is 5.60 Å². The van der Waals surface area contributed by atoms with E-state index in [1.54, 1.807) is 0 Å². The highest BCUT2D eigenvalue weighted by molar-refractivity contribution is 5.99. The normalized spacial score (nSPS) is 39.8. The summed E-state index contributed by atoms with van der Waals surface area (Å²) in [7, 11) is 0. The molecule has 1 N–H and O–H groups in total. The fourth-order valence-corrected chi connectivity index (χ4v) is 6.76. The number of ether oxygens (including phenoxy) is 1. The molecule has 0 spiro atoms. The van der Waals surface area contributed by atoms with Gasteiger partial charge in [-0.15, -0.1) is 0 Å². The lowest BCUT2D eigenvalue weighted by atomic mass is 9.70. The number of hydrogen-bond acceptors (Lipinski definition) is 3. The predicted molar refractivity (Wildman–Crippen MR) is 89.2 cm³/mol. The summed E-state index contributed by atoms with van der Waals surface area (Å²) in [6.45, 7) is 4.04. The van der Waals surface area contributed by atoms with Crippen molar-refractivity contribution in [1.29, 1.82) is 0 Å². The molecule has 0 aromatic carbocycles. The third-order valence-corrected chi connectivity index (χ3v) is 7.93. The number of carboxylic acids is 1. The highest BCUT2D eigenvalue weighted by Crippen LogP contribution is 2.63. The molecule has 4 rings (SSSR count). The first kappa shape index (κ1) is 16.4. The molecule has 4 aliphatic carbocycles. The quantitative estimate of drug-likeness (QED) is 0.623. The molecule has 5 atom stereocenters. The van der Waals surface area contributed by atoms with Crippen LogP contribution in [0.5, 0.6) is 0 Å². The molecule has 24 heavy (non-hydrogen) atoms. The first-order chi connectivity index (χ1) is 11.3. The maximum Gasteiger partial charge on any atom is 0.324 e. The lowest BCUT2D eigenvalue weighted by molar-refractivity contribution is -0.184. The minimum Gasteiger partial charge on any atom is -0.480 e. The minimum absolute atomic E-state index is 0.401. The van der Waals surface area contributed by atoms with E-state index < -0.39 is 23.0 Å². The van der Waals surface area contributed by atoms with E-state index in [2.05, 4.69) is 0 Å². The number of hydrogen-bond donors (Lipinski definition) is 1. The van der Waals surface area contributed by atoms with Gasteiger partial charge in [-0.1, -0.05) is 19.3 Å². The van der Waals surface area contributed by atoms with E-state index in [1.165, 1.54) is 25.7 Å². The molecule has 4 aliphatic rings. The Bertz CT molecular complexity index is 546. The Hall–Kier alpha value is -1.06. The Morgan fingerprint density at radius 2 is 1.67 bits per heavy atom. The molecule has 0 aromatic heterocycles. The second-order valence-corrected chi connectivity index (χ2v) is 9.35. The SMILES string of the molecule is CC(C)(OC(=O)C1(C(=O)O)CCCC1)C1CC2CC1C1CCCC21. The molecule has 4 saturated carbocycles. The van der Waals surface area contributed by atoms with E-state index >= 15 is 0 Å². The lowest BCUT2D eigenvalue weighted by Crippen LogP contribution is -2.47. The van der Waals surface area contributed by atoms with Crippen LogP contribution < -0.4 is 0 Å². The monoisotopic (exact) mass is 334 g/mol. The highest BCUT2D eigenvalue weighted by atomic mass is 16.6. The second kappa shape index (κ2) is 5.47. The standard InChI is InChI=1S/C20H30O4/c1-19(2,24-18(23)20(17(21)22)8-3-4-9-20)16-11-12-10-15(16)14-7-5-6-13(12)14/h12-16H,3-11H2,1-2H3,(H,21,22). The van der Waals surface area contributed by atoms with E-state index in [1.807, 2.05) is 13.8 Å². The van der Waals surface area contributed by atoms with Crippen molar-refractivity contribution in [3.63, 3.8) is 0 Å². The van der Waals surface area contributed by atoms with E-state index in [0.29, 0.717) is 24.7 Å². The van der Waals surface area contributed by atoms with Crippen LogP contribution in [-0.4, -0.2) is 22.6 Å². The maximum atomic E-state index is 12.8. The van der Waals surface area contributed by atoms with Gasteiger partial charge in [0, 0.05) is 5.92 Å². The summed E-state index contributed by atoms with van der Waals surface area (Å²) in [5.41, 5.74) is -1.83. The Labute approximate surface area is 144 Å². The van der Waals surface area contributed by atoms with Crippen LogP contribution in [-0.2, 0) is 14.3 Å². The summed E-state index contributed by atoms with van der Waals surface area (Å²) in [4.78, 5) is 24.6. The molecule has 4 fully saturated rings. The molecule has 4 nitrogen and oxygen atoms in total. The van der Waals surface area contributed by atoms with Crippen LogP contribution in [0.1, 0.15) is 71.6 Å². The van der Waals surface area contributed by atoms with Crippen molar-refractivity contribution in [3.8, 4) is 0 Å². The number of carboxylic acid groups (broad SMARTS) is 1. The third kappa shape index (κ3) is 2.24. The van der Waals surface area contributed by atoms with Crippen molar-refractivity contribution in [2.75, 3.05) is 0 Å². The van der Waals surface area contributed by atoms with E-state index in [0.717, 1.165) is 37.0 Å². The minimum atomic E-state index is -1.29. The van der Waals surface area contributed by atoms with Crippen molar-refractivity contribution < 1.29 is 19.4 Å². The van der Waals surface area contributed by atoms with Gasteiger partial charge in [-0.2, -0.15) is 0 Å². The summed E-state index contributed by atoms with van der Waals surface area (Å²) in [5, 5.41) is 9.62. The van der Waals surface area contributed by atoms with Crippen molar-refractivity contribution in [2.45, 2.75) is 77.2 Å². The van der Waals surface area contributed by atoms with Gasteiger partial charge in [0.2, 0.25) is 0 Å². The molecular weight excluding hydrogens is 304 g/mol. The van der Waals surface area contributed by atoms with Crippen molar-refractivity contribution in [1.82, 2.24) is 0 Å². The molecule has 0 radical (unpaired) electrons. The van der Waals surface area contributed by atoms with Crippen LogP contribution in [0.15, 0.2) is 0 Å². The second-order valence-electron chi connectivity index (χ2n) is 9.35. The van der Waals surface area contributed by atoms with E-state index in [4.69, 9.17) is 4.74 Å². The van der Waals surface area contributed by atoms with Gasteiger partial charge in [0.15, 0.2) is 5.41 Å². The lowest BCUT2D eigenvalue weighted by Gasteiger charge is -2.42. The van der Waals surface area contributed by atoms with E-state index in [-0.39, 0.29) is 0 Å². The number of carbonyl (C=O) groups is 2. The summed E-state index contributed by atoms with van der Waals surface area (Å²) in [6, 6.07) is 0. The average molecular weight is 334 g/mol. The van der Waals surface area contributed by atoms with Crippen LogP contribution in [0, 0.1) is 35.0 Å². The zero-order valence-electron chi connectivity index (χ0n) is 14.9. The summed E-state index contributed by atoms with van der Waals surface area (Å²) < 4.78 is 5.95. The van der Waals surface area contributed by atoms with Crippen LogP contribution in [0.2, 0.25) is 0 Å². The van der Waals surface area contributed by atoms with Crippen molar-refractivity contribution >= 4 is 11.9 Å². The molecule has 0 heterocycles. The Balaban J connectivity index is 1.50. The Morgan fingerprint density at radius 3 is 2.33 bits per heavy atom. The molecule has 5 unspecified atom stereocenters. The number of rotatable bonds is 4. The third-order valence-electron chi connectivity index (χ3n) is 7.93. The fourth-order valence-electron chi connectivity index (χ4n) is 6.76. The van der Waals surface area contributed by atoms with Crippen LogP contribution in [0.3, 0.4) is 0 Å². The molecule has 0 saturated heterocycles. The summed E-state index contributed by atoms with van der Waals surface area (Å²) in [5.74, 6) is 2.15. The largest absolute Gasteiger partial charge is 0.480 e. The van der Waals surface area contributed by atoms with Crippen molar-refractivity contribution in [2.24, 2.45) is 35.0 Å². The Kier molecular flexibility index (Phi) is 3.74. The maximum absolute atomic E-state index is 12.8. The number of aliphatic carboxylic acids is 1. The molecule has 2 bridgehead atoms. The van der Waals surface area contributed by atoms with Gasteiger partial charge in [-0.25, -0.2) is 0 Å². The molecule has 4 heteroatoms. The van der Waals surface area contributed by atoms with Crippen molar-refractivity contribution in [3.05, 3.63) is 0 Å². The van der Waals surface area contributed by atoms with Crippen LogP contribution in [0.25, 0.3) is 0 Å². The Morgan fingerprint density at radius 1 is 1.00 bits per heavy atom. The summed E-state index contributed by atoms with van der Waals surface area (Å²) in [6.07, 6.45) is 9.01. The van der Waals surface area contributed by atoms with Gasteiger partial charge >= 0.3 is 11.9 Å². The van der Waals surface area contributed by atoms with E-state index in [9.17, 15) is 14.7 Å². The zero-order valence-corrected chi connectivity index (χ0v) is 14.9. The van der Waals surface area contributed by atoms with Gasteiger partial charge in [-0.05, 0) is 76.0 Å². The highest BCUT2D eigenvalue weighted by Gasteiger charge is 2.59. The van der Waals surface area contributed by atoms with Gasteiger partial charge < -0.3 is 9.84 Å². The number of fused-ring (bicyclic) bond motifs is 5. The van der Waals surface area contributed by atoms with Crippen LogP contribution in [0.4, 0.5) is 0 Å². The first-order valence-electron chi connectivity index (χ1n) is 9.82. The number of esters is 1. The van der Waals surface area contributed by atoms with Gasteiger partial charge in [-0.3, -0.25) is 9.59 Å². The topological polar surface area (TPSA) is 63.6 Å². The molecule has 0 amide bonds. The summed E-state index contributed by atoms with van der Waals surface area (Å²) >= 11 is 0. The van der Waals surface area contributed by atoms with Gasteiger partial charge in [0.05, 0.1) is 0 Å². The predicted octanol–water partition coefficient (Wildman–Crippen LogP) is 4.03. The molecular formula is C20H30O4. The van der Waals surface area contributed by atoms with Gasteiger partial charge in [0.25, 0.3) is 0 Å². The molecule has 0 aromatic rings. The zero-order chi connectivity index (χ0) is 17.1. The average Bonchev–Trinajstić information content (AvgIpc) is 3.27.